The van der Waals surface area contributed by atoms with Crippen LogP contribution in [0.1, 0.15) is 27.9 Å². The minimum absolute atomic E-state index is 0.252. The number of carbonyl (C=O) groups is 2. The van der Waals surface area contributed by atoms with Crippen LogP contribution in [0.3, 0.4) is 0 Å². The largest absolute Gasteiger partial charge is 0.461 e. The van der Waals surface area contributed by atoms with Crippen LogP contribution in [-0.2, 0) is 4.74 Å². The molecule has 0 saturated heterocycles. The molecule has 0 aliphatic heterocycles. The van der Waals surface area contributed by atoms with Crippen LogP contribution in [0.25, 0.3) is 0 Å². The van der Waals surface area contributed by atoms with Gasteiger partial charge in [-0.1, -0.05) is 0 Å². The van der Waals surface area contributed by atoms with Crippen LogP contribution in [0.2, 0.25) is 0 Å². The Morgan fingerprint density at radius 3 is 2.80 bits per heavy atom. The summed E-state index contributed by atoms with van der Waals surface area (Å²) in [6.07, 6.45) is 0. The summed E-state index contributed by atoms with van der Waals surface area (Å²) in [6.45, 7) is 2.01. The van der Waals surface area contributed by atoms with Crippen LogP contribution >= 0.6 is 15.9 Å². The number of hydrogen-bond donors (Lipinski definition) is 2. The summed E-state index contributed by atoms with van der Waals surface area (Å²) >= 11 is 3.18. The predicted molar refractivity (Wildman–Crippen MR) is 57.8 cm³/mol. The molecular formula is C9H11BrN2O3. The molecule has 0 saturated carbocycles. The normalized spacial score (nSPS) is 9.80. The molecule has 1 aromatic heterocycles. The van der Waals surface area contributed by atoms with Gasteiger partial charge < -0.3 is 15.0 Å². The molecule has 0 unspecified atom stereocenters. The number of carbonyl (C=O) groups excluding carboxylic acids is 2. The van der Waals surface area contributed by atoms with Gasteiger partial charge in [-0.3, -0.25) is 4.79 Å². The maximum Gasteiger partial charge on any atom is 0.354 e. The fourth-order valence-corrected chi connectivity index (χ4v) is 1.55. The van der Waals surface area contributed by atoms with Crippen molar-refractivity contribution in [2.75, 3.05) is 13.7 Å². The third kappa shape index (κ3) is 2.59. The van der Waals surface area contributed by atoms with Crippen molar-refractivity contribution in [3.63, 3.8) is 0 Å². The average molecular weight is 275 g/mol. The van der Waals surface area contributed by atoms with Crippen molar-refractivity contribution in [1.29, 1.82) is 0 Å². The maximum absolute atomic E-state index is 11.3. The van der Waals surface area contributed by atoms with E-state index in [-0.39, 0.29) is 11.6 Å². The van der Waals surface area contributed by atoms with Gasteiger partial charge in [0, 0.05) is 11.5 Å². The van der Waals surface area contributed by atoms with Crippen molar-refractivity contribution >= 4 is 27.8 Å². The molecule has 0 atom stereocenters. The molecule has 1 aromatic rings. The molecule has 15 heavy (non-hydrogen) atoms. The fourth-order valence-electron chi connectivity index (χ4n) is 1.04. The van der Waals surface area contributed by atoms with Gasteiger partial charge in [-0.15, -0.1) is 0 Å². The summed E-state index contributed by atoms with van der Waals surface area (Å²) in [5, 5.41) is 2.45. The SMILES string of the molecule is CCOC(=O)c1cc(Br)c(C(=O)NC)[nH]1. The van der Waals surface area contributed by atoms with Gasteiger partial charge in [-0.2, -0.15) is 0 Å². The summed E-state index contributed by atoms with van der Waals surface area (Å²) in [7, 11) is 1.51. The molecule has 0 aliphatic carbocycles. The summed E-state index contributed by atoms with van der Waals surface area (Å²) in [5.41, 5.74) is 0.558. The Morgan fingerprint density at radius 2 is 2.27 bits per heavy atom. The lowest BCUT2D eigenvalue weighted by Gasteiger charge is -1.98. The van der Waals surface area contributed by atoms with E-state index in [0.29, 0.717) is 16.8 Å². The fraction of sp³-hybridized carbons (Fsp3) is 0.333. The lowest BCUT2D eigenvalue weighted by Crippen LogP contribution is -2.19. The number of ether oxygens (including phenoxy) is 1. The first-order valence-corrected chi connectivity index (χ1v) is 5.17. The highest BCUT2D eigenvalue weighted by molar-refractivity contribution is 9.10. The van der Waals surface area contributed by atoms with E-state index in [1.54, 1.807) is 6.92 Å². The van der Waals surface area contributed by atoms with Crippen molar-refractivity contribution in [2.24, 2.45) is 0 Å². The van der Waals surface area contributed by atoms with E-state index >= 15 is 0 Å². The van der Waals surface area contributed by atoms with Crippen molar-refractivity contribution in [1.82, 2.24) is 10.3 Å². The van der Waals surface area contributed by atoms with Gasteiger partial charge in [0.05, 0.1) is 6.61 Å². The Kier molecular flexibility index (Phi) is 3.90. The van der Waals surface area contributed by atoms with Crippen LogP contribution in [0, 0.1) is 0 Å². The smallest absolute Gasteiger partial charge is 0.354 e. The number of H-pyrrole nitrogens is 1. The molecule has 0 aromatic carbocycles. The molecule has 1 amide bonds. The van der Waals surface area contributed by atoms with Crippen LogP contribution < -0.4 is 5.32 Å². The first-order chi connectivity index (χ1) is 7.10. The monoisotopic (exact) mass is 274 g/mol. The topological polar surface area (TPSA) is 71.2 Å². The van der Waals surface area contributed by atoms with Gasteiger partial charge >= 0.3 is 5.97 Å². The van der Waals surface area contributed by atoms with Gasteiger partial charge in [0.1, 0.15) is 11.4 Å². The van der Waals surface area contributed by atoms with Gasteiger partial charge in [-0.05, 0) is 28.9 Å². The Hall–Kier alpha value is -1.30. The van der Waals surface area contributed by atoms with Crippen LogP contribution in [0.5, 0.6) is 0 Å². The molecule has 0 bridgehead atoms. The second-order valence-corrected chi connectivity index (χ2v) is 3.56. The summed E-state index contributed by atoms with van der Waals surface area (Å²) in [6, 6.07) is 1.52. The number of halogens is 1. The standard InChI is InChI=1S/C9H11BrN2O3/c1-3-15-9(14)6-4-5(10)7(12-6)8(13)11-2/h4,12H,3H2,1-2H3,(H,11,13). The Bertz CT molecular complexity index is 387. The number of amides is 1. The summed E-state index contributed by atoms with van der Waals surface area (Å²) < 4.78 is 5.32. The number of nitrogens with one attached hydrogen (secondary N) is 2. The van der Waals surface area contributed by atoms with Crippen molar-refractivity contribution in [3.05, 3.63) is 21.9 Å². The molecule has 1 rings (SSSR count). The minimum atomic E-state index is -0.478. The molecule has 0 fully saturated rings. The van der Waals surface area contributed by atoms with Crippen LogP contribution in [0.15, 0.2) is 10.5 Å². The van der Waals surface area contributed by atoms with E-state index in [0.717, 1.165) is 0 Å². The number of aromatic nitrogens is 1. The quantitative estimate of drug-likeness (QED) is 0.817. The number of aromatic amines is 1. The van der Waals surface area contributed by atoms with E-state index in [4.69, 9.17) is 4.74 Å². The van der Waals surface area contributed by atoms with E-state index in [9.17, 15) is 9.59 Å². The first kappa shape index (κ1) is 11.8. The molecule has 0 spiro atoms. The Balaban J connectivity index is 2.95. The zero-order valence-corrected chi connectivity index (χ0v) is 9.97. The Morgan fingerprint density at radius 1 is 1.60 bits per heavy atom. The molecule has 5 nitrogen and oxygen atoms in total. The van der Waals surface area contributed by atoms with Gasteiger partial charge in [0.2, 0.25) is 0 Å². The van der Waals surface area contributed by atoms with Crippen LogP contribution in [0.4, 0.5) is 0 Å². The third-order valence-corrected chi connectivity index (χ3v) is 2.34. The third-order valence-electron chi connectivity index (χ3n) is 1.72. The van der Waals surface area contributed by atoms with E-state index < -0.39 is 5.97 Å². The molecular weight excluding hydrogens is 264 g/mol. The highest BCUT2D eigenvalue weighted by Gasteiger charge is 2.16. The summed E-state index contributed by atoms with van der Waals surface area (Å²) in [4.78, 5) is 25.3. The second kappa shape index (κ2) is 4.97. The second-order valence-electron chi connectivity index (χ2n) is 2.71. The molecule has 82 valence electrons. The molecule has 6 heteroatoms. The van der Waals surface area contributed by atoms with Crippen molar-refractivity contribution < 1.29 is 14.3 Å². The van der Waals surface area contributed by atoms with Crippen molar-refractivity contribution in [3.8, 4) is 0 Å². The van der Waals surface area contributed by atoms with Gasteiger partial charge in [-0.25, -0.2) is 4.79 Å². The molecule has 1 heterocycles. The number of esters is 1. The van der Waals surface area contributed by atoms with E-state index in [2.05, 4.69) is 26.2 Å². The lowest BCUT2D eigenvalue weighted by molar-refractivity contribution is 0.0520. The minimum Gasteiger partial charge on any atom is -0.461 e. The van der Waals surface area contributed by atoms with Gasteiger partial charge in [0.25, 0.3) is 5.91 Å². The van der Waals surface area contributed by atoms with Crippen molar-refractivity contribution in [2.45, 2.75) is 6.92 Å². The lowest BCUT2D eigenvalue weighted by atomic mass is 10.4. The van der Waals surface area contributed by atoms with E-state index in [1.807, 2.05) is 0 Å². The Labute approximate surface area is 95.3 Å². The average Bonchev–Trinajstić information content (AvgIpc) is 2.60. The van der Waals surface area contributed by atoms with Crippen LogP contribution in [-0.4, -0.2) is 30.5 Å². The zero-order valence-electron chi connectivity index (χ0n) is 8.39. The highest BCUT2D eigenvalue weighted by Crippen LogP contribution is 2.18. The zero-order chi connectivity index (χ0) is 11.4. The number of rotatable bonds is 3. The predicted octanol–water partition coefficient (Wildman–Crippen LogP) is 1.31. The highest BCUT2D eigenvalue weighted by atomic mass is 79.9. The molecule has 0 aliphatic rings. The molecule has 0 radical (unpaired) electrons. The number of hydrogen-bond acceptors (Lipinski definition) is 3. The summed E-state index contributed by atoms with van der Waals surface area (Å²) in [5.74, 6) is -0.772. The maximum atomic E-state index is 11.3. The van der Waals surface area contributed by atoms with E-state index in [1.165, 1.54) is 13.1 Å². The molecule has 2 N–H and O–H groups in total. The first-order valence-electron chi connectivity index (χ1n) is 4.37. The van der Waals surface area contributed by atoms with Gasteiger partial charge in [0.15, 0.2) is 0 Å².